The summed E-state index contributed by atoms with van der Waals surface area (Å²) in [5, 5.41) is 11.8. The van der Waals surface area contributed by atoms with Crippen molar-refractivity contribution in [1.29, 1.82) is 0 Å². The molecule has 0 unspecified atom stereocenters. The Kier molecular flexibility index (Phi) is 9.76. The van der Waals surface area contributed by atoms with Gasteiger partial charge in [0.15, 0.2) is 0 Å². The van der Waals surface area contributed by atoms with Crippen molar-refractivity contribution in [2.75, 3.05) is 6.61 Å². The van der Waals surface area contributed by atoms with Crippen molar-refractivity contribution < 1.29 is 23.6 Å². The van der Waals surface area contributed by atoms with E-state index in [0.717, 1.165) is 33.9 Å². The Morgan fingerprint density at radius 1 is 0.773 bits per heavy atom. The van der Waals surface area contributed by atoms with E-state index in [4.69, 9.17) is 9.26 Å². The van der Waals surface area contributed by atoms with Crippen molar-refractivity contribution in [3.8, 4) is 0 Å². The molecule has 9 heteroatoms. The molecule has 2 atom stereocenters. The second-order valence-corrected chi connectivity index (χ2v) is 10.4. The van der Waals surface area contributed by atoms with E-state index in [1.165, 1.54) is 0 Å². The zero-order valence-corrected chi connectivity index (χ0v) is 24.7. The Bertz CT molecular complexity index is 1750. The molecular weight excluding hydrogens is 556 g/mol. The highest BCUT2D eigenvalue weighted by molar-refractivity contribution is 5.98. The summed E-state index contributed by atoms with van der Waals surface area (Å²) in [7, 11) is 0. The van der Waals surface area contributed by atoms with Crippen LogP contribution < -0.4 is 10.6 Å². The quantitative estimate of drug-likeness (QED) is 0.186. The first-order chi connectivity index (χ1) is 21.4. The molecule has 0 saturated heterocycles. The van der Waals surface area contributed by atoms with Crippen LogP contribution in [0.5, 0.6) is 0 Å². The maximum atomic E-state index is 14.0. The topological polar surface area (TPSA) is 123 Å². The molecule has 5 rings (SSSR count). The highest BCUT2D eigenvalue weighted by atomic mass is 16.5. The number of amides is 2. The standard InChI is InChI=1S/C35H34N4O5/c1-3-23-13-10-16-28(19-23)32(40)36-29(22-25-17-18-26-14-8-9-15-27(26)20-25)33(41)37-30(21-24-11-6-5-7-12-24)34-38-31(39-44-34)35(42)43-4-2/h5-20,29-30H,3-4,21-22H2,1-2H3,(H,36,40)(H,37,41)/t29-,30-/m1/s1. The smallest absolute Gasteiger partial charge is 0.379 e. The number of hydrogen-bond donors (Lipinski definition) is 2. The summed E-state index contributed by atoms with van der Waals surface area (Å²) >= 11 is 0. The van der Waals surface area contributed by atoms with Crippen LogP contribution in [0.25, 0.3) is 10.8 Å². The number of benzene rings is 4. The van der Waals surface area contributed by atoms with Crippen LogP contribution in [0.3, 0.4) is 0 Å². The Morgan fingerprint density at radius 3 is 2.30 bits per heavy atom. The lowest BCUT2D eigenvalue weighted by Gasteiger charge is -2.22. The highest BCUT2D eigenvalue weighted by Crippen LogP contribution is 2.20. The van der Waals surface area contributed by atoms with Gasteiger partial charge in [-0.25, -0.2) is 4.79 Å². The zero-order valence-electron chi connectivity index (χ0n) is 24.7. The average molecular weight is 591 g/mol. The minimum absolute atomic E-state index is 0.0525. The molecule has 0 spiro atoms. The molecule has 9 nitrogen and oxygen atoms in total. The average Bonchev–Trinajstić information content (AvgIpc) is 3.55. The minimum atomic E-state index is -0.931. The molecule has 0 aliphatic carbocycles. The molecule has 224 valence electrons. The van der Waals surface area contributed by atoms with Gasteiger partial charge >= 0.3 is 5.97 Å². The predicted octanol–water partition coefficient (Wildman–Crippen LogP) is 5.40. The molecule has 0 bridgehead atoms. The SMILES string of the molecule is CCOC(=O)c1noc([C@@H](Cc2ccccc2)NC(=O)[C@@H](Cc2ccc3ccccc3c2)NC(=O)c2cccc(CC)c2)n1. The molecule has 0 saturated carbocycles. The summed E-state index contributed by atoms with van der Waals surface area (Å²) in [6.45, 7) is 3.86. The van der Waals surface area contributed by atoms with E-state index in [1.54, 1.807) is 13.0 Å². The molecular formula is C35H34N4O5. The van der Waals surface area contributed by atoms with Gasteiger partial charge in [-0.1, -0.05) is 91.9 Å². The zero-order chi connectivity index (χ0) is 30.9. The molecule has 44 heavy (non-hydrogen) atoms. The monoisotopic (exact) mass is 590 g/mol. The number of aromatic nitrogens is 2. The fraction of sp³-hybridized carbons (Fsp3) is 0.229. The number of nitrogens with one attached hydrogen (secondary N) is 2. The molecule has 2 amide bonds. The second-order valence-electron chi connectivity index (χ2n) is 10.4. The number of carbonyl (C=O) groups is 3. The third kappa shape index (κ3) is 7.55. The number of nitrogens with zero attached hydrogens (tertiary/aromatic N) is 2. The Morgan fingerprint density at radius 2 is 1.52 bits per heavy atom. The van der Waals surface area contributed by atoms with Gasteiger partial charge in [0.25, 0.3) is 11.7 Å². The van der Waals surface area contributed by atoms with Crippen LogP contribution in [0.1, 0.15) is 63.4 Å². The first kappa shape index (κ1) is 30.2. The molecule has 0 aliphatic rings. The highest BCUT2D eigenvalue weighted by Gasteiger charge is 2.29. The van der Waals surface area contributed by atoms with Crippen LogP contribution in [0.4, 0.5) is 0 Å². The van der Waals surface area contributed by atoms with Gasteiger partial charge in [-0.15, -0.1) is 0 Å². The minimum Gasteiger partial charge on any atom is -0.460 e. The van der Waals surface area contributed by atoms with Crippen LogP contribution in [0, 0.1) is 0 Å². The van der Waals surface area contributed by atoms with Crippen LogP contribution in [0.15, 0.2) is 102 Å². The summed E-state index contributed by atoms with van der Waals surface area (Å²) in [4.78, 5) is 43.9. The third-order valence-corrected chi connectivity index (χ3v) is 7.27. The number of esters is 1. The van der Waals surface area contributed by atoms with Crippen molar-refractivity contribution in [2.45, 2.75) is 45.2 Å². The van der Waals surface area contributed by atoms with E-state index < -0.39 is 24.0 Å². The summed E-state index contributed by atoms with van der Waals surface area (Å²) in [6, 6.07) is 29.1. The molecule has 0 aliphatic heterocycles. The molecule has 0 fully saturated rings. The Labute approximate surface area is 255 Å². The number of carbonyl (C=O) groups excluding carboxylic acids is 3. The fourth-order valence-electron chi connectivity index (χ4n) is 4.96. The summed E-state index contributed by atoms with van der Waals surface area (Å²) in [5.41, 5.74) is 3.27. The normalized spacial score (nSPS) is 12.3. The van der Waals surface area contributed by atoms with Gasteiger partial charge in [0, 0.05) is 18.4 Å². The van der Waals surface area contributed by atoms with Crippen molar-refractivity contribution in [2.24, 2.45) is 0 Å². The van der Waals surface area contributed by atoms with Crippen molar-refractivity contribution in [1.82, 2.24) is 20.8 Å². The molecule has 0 radical (unpaired) electrons. The Hall–Kier alpha value is -5.31. The van der Waals surface area contributed by atoms with Crippen LogP contribution in [-0.2, 0) is 28.8 Å². The van der Waals surface area contributed by atoms with Gasteiger partial charge < -0.3 is 19.9 Å². The van der Waals surface area contributed by atoms with E-state index >= 15 is 0 Å². The first-order valence-corrected chi connectivity index (χ1v) is 14.7. The van der Waals surface area contributed by atoms with Gasteiger partial charge in [0.05, 0.1) is 6.61 Å². The maximum Gasteiger partial charge on any atom is 0.379 e. The van der Waals surface area contributed by atoms with Gasteiger partial charge in [-0.2, -0.15) is 4.98 Å². The van der Waals surface area contributed by atoms with Gasteiger partial charge in [-0.05, 0) is 58.1 Å². The summed E-state index contributed by atoms with van der Waals surface area (Å²) in [5.74, 6) is -1.69. The lowest BCUT2D eigenvalue weighted by Crippen LogP contribution is -2.49. The summed E-state index contributed by atoms with van der Waals surface area (Å²) in [6.07, 6.45) is 1.33. The predicted molar refractivity (Wildman–Crippen MR) is 166 cm³/mol. The number of fused-ring (bicyclic) bond motifs is 1. The van der Waals surface area contributed by atoms with Crippen LogP contribution in [0.2, 0.25) is 0 Å². The van der Waals surface area contributed by atoms with Crippen LogP contribution in [-0.4, -0.2) is 40.6 Å². The van der Waals surface area contributed by atoms with Gasteiger partial charge in [-0.3, -0.25) is 9.59 Å². The maximum absolute atomic E-state index is 14.0. The van der Waals surface area contributed by atoms with Crippen LogP contribution >= 0.6 is 0 Å². The van der Waals surface area contributed by atoms with E-state index in [9.17, 15) is 14.4 Å². The third-order valence-electron chi connectivity index (χ3n) is 7.27. The van der Waals surface area contributed by atoms with E-state index in [1.807, 2.05) is 97.9 Å². The summed E-state index contributed by atoms with van der Waals surface area (Å²) < 4.78 is 10.4. The lowest BCUT2D eigenvalue weighted by atomic mass is 9.99. The second kappa shape index (κ2) is 14.2. The number of hydrogen-bond acceptors (Lipinski definition) is 7. The number of rotatable bonds is 12. The van der Waals surface area contributed by atoms with Gasteiger partial charge in [0.1, 0.15) is 12.1 Å². The molecule has 2 N–H and O–H groups in total. The number of ether oxygens (including phenoxy) is 1. The van der Waals surface area contributed by atoms with E-state index in [0.29, 0.717) is 12.0 Å². The van der Waals surface area contributed by atoms with Crippen molar-refractivity contribution >= 4 is 28.6 Å². The van der Waals surface area contributed by atoms with Gasteiger partial charge in [0.2, 0.25) is 11.8 Å². The first-order valence-electron chi connectivity index (χ1n) is 14.7. The lowest BCUT2D eigenvalue weighted by molar-refractivity contribution is -0.123. The molecule has 4 aromatic carbocycles. The Balaban J connectivity index is 1.44. The molecule has 1 aromatic heterocycles. The largest absolute Gasteiger partial charge is 0.460 e. The number of aryl methyl sites for hydroxylation is 1. The van der Waals surface area contributed by atoms with E-state index in [2.05, 4.69) is 20.8 Å². The van der Waals surface area contributed by atoms with Crippen molar-refractivity contribution in [3.05, 3.63) is 131 Å². The van der Waals surface area contributed by atoms with Crippen molar-refractivity contribution in [3.63, 3.8) is 0 Å². The molecule has 5 aromatic rings. The fourth-order valence-corrected chi connectivity index (χ4v) is 4.96. The molecule has 1 heterocycles. The van der Waals surface area contributed by atoms with E-state index in [-0.39, 0.29) is 30.7 Å².